The Morgan fingerprint density at radius 3 is 0.985 bits per heavy atom. The fourth-order valence-electron chi connectivity index (χ4n) is 6.41. The lowest BCUT2D eigenvalue weighted by Gasteiger charge is -2.18. The molecule has 0 rings (SSSR count). The van der Waals surface area contributed by atoms with Gasteiger partial charge in [0.1, 0.15) is 13.2 Å². The highest BCUT2D eigenvalue weighted by atomic mass is 16.6. The Kier molecular flexibility index (Phi) is 50.1. The van der Waals surface area contributed by atoms with Gasteiger partial charge in [0, 0.05) is 19.3 Å². The minimum Gasteiger partial charge on any atom is -0.462 e. The number of carbonyl (C=O) groups is 3. The maximum Gasteiger partial charge on any atom is 0.306 e. The molecule has 6 heteroatoms. The van der Waals surface area contributed by atoms with E-state index in [1.54, 1.807) is 0 Å². The van der Waals surface area contributed by atoms with E-state index in [4.69, 9.17) is 14.2 Å². The summed E-state index contributed by atoms with van der Waals surface area (Å²) in [6.07, 6.45) is 76.9. The predicted octanol–water partition coefficient (Wildman–Crippen LogP) is 17.6. The first kappa shape index (κ1) is 62.3. The molecule has 0 spiro atoms. The molecule has 0 saturated carbocycles. The van der Waals surface area contributed by atoms with Crippen molar-refractivity contribution in [3.63, 3.8) is 0 Å². The van der Waals surface area contributed by atoms with Gasteiger partial charge in [-0.1, -0.05) is 192 Å². The van der Waals surface area contributed by atoms with Gasteiger partial charge in [-0.05, 0) is 135 Å². The van der Waals surface area contributed by atoms with Gasteiger partial charge in [0.25, 0.3) is 0 Å². The Labute approximate surface area is 410 Å². The average molecular weight is 923 g/mol. The van der Waals surface area contributed by atoms with Gasteiger partial charge in [-0.2, -0.15) is 0 Å². The molecule has 0 unspecified atom stereocenters. The van der Waals surface area contributed by atoms with E-state index in [0.29, 0.717) is 19.3 Å². The number of carbonyl (C=O) groups excluding carboxylic acids is 3. The summed E-state index contributed by atoms with van der Waals surface area (Å²) in [5.41, 5.74) is 0. The highest BCUT2D eigenvalue weighted by molar-refractivity contribution is 5.71. The summed E-state index contributed by atoms with van der Waals surface area (Å²) < 4.78 is 16.7. The summed E-state index contributed by atoms with van der Waals surface area (Å²) in [7, 11) is 0. The van der Waals surface area contributed by atoms with Gasteiger partial charge in [0.05, 0.1) is 0 Å². The normalized spacial score (nSPS) is 13.3. The summed E-state index contributed by atoms with van der Waals surface area (Å²) in [6.45, 7) is 6.25. The van der Waals surface area contributed by atoms with Gasteiger partial charge in [-0.15, -0.1) is 0 Å². The Morgan fingerprint density at radius 1 is 0.313 bits per heavy atom. The van der Waals surface area contributed by atoms with Crippen molar-refractivity contribution < 1.29 is 28.6 Å². The fraction of sp³-hybridized carbons (Fsp3) is 0.557. The van der Waals surface area contributed by atoms with Crippen LogP contribution < -0.4 is 0 Å². The van der Waals surface area contributed by atoms with Crippen LogP contribution in [0.1, 0.15) is 201 Å². The zero-order chi connectivity index (χ0) is 48.6. The molecule has 0 N–H and O–H groups in total. The van der Waals surface area contributed by atoms with Crippen molar-refractivity contribution >= 4 is 17.9 Å². The largest absolute Gasteiger partial charge is 0.462 e. The molecule has 0 fully saturated rings. The van der Waals surface area contributed by atoms with E-state index >= 15 is 0 Å². The van der Waals surface area contributed by atoms with Crippen molar-refractivity contribution in [2.24, 2.45) is 0 Å². The molecular formula is C61H94O6. The molecular weight excluding hydrogens is 829 g/mol. The van der Waals surface area contributed by atoms with Crippen LogP contribution in [0.2, 0.25) is 0 Å². The standard InChI is InChI=1S/C61H94O6/c1-4-7-10-13-16-19-22-25-28-30-33-35-38-41-44-47-50-53-59(62)65-56-58(67-61(64)55-52-49-46-43-40-37-32-27-24-21-18-15-12-9-6-3)57-66-60(63)54-51-48-45-42-39-36-34-31-29-26-23-20-17-14-11-8-5-2/h7,9-10,12,16-21,25-29,32-36,40-41,43-44,58H,4-6,8,11,13-15,22-24,30-31,37-39,42,45-57H2,1-3H3/b10-7-,12-9-,19-16-,20-17-,21-18-,28-25-,29-26-,32-27-,35-33-,36-34-,43-40-,44-41-/t58-/m1/s1. The second kappa shape index (κ2) is 53.9. The zero-order valence-corrected chi connectivity index (χ0v) is 42.6. The van der Waals surface area contributed by atoms with Crippen molar-refractivity contribution in [3.05, 3.63) is 146 Å². The van der Waals surface area contributed by atoms with Crippen molar-refractivity contribution in [1.29, 1.82) is 0 Å². The maximum absolute atomic E-state index is 12.8. The average Bonchev–Trinajstić information content (AvgIpc) is 3.33. The molecule has 0 aliphatic rings. The number of ether oxygens (including phenoxy) is 3. The van der Waals surface area contributed by atoms with Crippen LogP contribution in [0.3, 0.4) is 0 Å². The first-order chi connectivity index (χ1) is 33.0. The smallest absolute Gasteiger partial charge is 0.306 e. The van der Waals surface area contributed by atoms with Crippen molar-refractivity contribution in [1.82, 2.24) is 0 Å². The molecule has 0 heterocycles. The number of esters is 3. The lowest BCUT2D eigenvalue weighted by atomic mass is 10.1. The minimum atomic E-state index is -0.839. The maximum atomic E-state index is 12.8. The SMILES string of the molecule is CC/C=C\C/C=C\C/C=C\C/C=C\C/C=C\CCCC(=O)OC[C@H](COC(=O)CCCCCC/C=C\C/C=C\C/C=C\CCCCC)OC(=O)CCCC/C=C\C/C=C\C/C=C\C/C=C\CC. The molecule has 0 aliphatic carbocycles. The van der Waals surface area contributed by atoms with Crippen molar-refractivity contribution in [2.75, 3.05) is 13.2 Å². The lowest BCUT2D eigenvalue weighted by molar-refractivity contribution is -0.167. The van der Waals surface area contributed by atoms with Crippen molar-refractivity contribution in [3.8, 4) is 0 Å². The fourth-order valence-corrected chi connectivity index (χ4v) is 6.41. The van der Waals surface area contributed by atoms with E-state index < -0.39 is 6.10 Å². The number of hydrogen-bond acceptors (Lipinski definition) is 6. The van der Waals surface area contributed by atoms with Crippen LogP contribution >= 0.6 is 0 Å². The molecule has 0 aliphatic heterocycles. The lowest BCUT2D eigenvalue weighted by Crippen LogP contribution is -2.30. The highest BCUT2D eigenvalue weighted by Crippen LogP contribution is 2.11. The molecule has 67 heavy (non-hydrogen) atoms. The number of hydrogen-bond donors (Lipinski definition) is 0. The van der Waals surface area contributed by atoms with Crippen LogP contribution in [0.15, 0.2) is 146 Å². The minimum absolute atomic E-state index is 0.131. The van der Waals surface area contributed by atoms with Crippen LogP contribution in [-0.2, 0) is 28.6 Å². The molecule has 0 radical (unpaired) electrons. The van der Waals surface area contributed by atoms with Crippen LogP contribution in [0.4, 0.5) is 0 Å². The van der Waals surface area contributed by atoms with E-state index in [1.165, 1.54) is 25.7 Å². The zero-order valence-electron chi connectivity index (χ0n) is 42.6. The van der Waals surface area contributed by atoms with Gasteiger partial charge in [-0.3, -0.25) is 14.4 Å². The summed E-state index contributed by atoms with van der Waals surface area (Å²) in [6, 6.07) is 0. The predicted molar refractivity (Wildman–Crippen MR) is 288 cm³/mol. The Hall–Kier alpha value is -4.71. The molecule has 0 aromatic rings. The topological polar surface area (TPSA) is 78.9 Å². The van der Waals surface area contributed by atoms with E-state index in [-0.39, 0.29) is 44.0 Å². The van der Waals surface area contributed by atoms with Crippen LogP contribution in [0.25, 0.3) is 0 Å². The van der Waals surface area contributed by atoms with E-state index in [2.05, 4.69) is 167 Å². The Bertz CT molecular complexity index is 1530. The highest BCUT2D eigenvalue weighted by Gasteiger charge is 2.19. The molecule has 374 valence electrons. The monoisotopic (exact) mass is 923 g/mol. The molecule has 6 nitrogen and oxygen atoms in total. The first-order valence-electron chi connectivity index (χ1n) is 26.3. The molecule has 0 amide bonds. The van der Waals surface area contributed by atoms with E-state index in [9.17, 15) is 14.4 Å². The summed E-state index contributed by atoms with van der Waals surface area (Å²) in [4.78, 5) is 38.0. The Morgan fingerprint density at radius 2 is 0.597 bits per heavy atom. The van der Waals surface area contributed by atoms with Crippen LogP contribution in [0.5, 0.6) is 0 Å². The summed E-state index contributed by atoms with van der Waals surface area (Å²) in [5, 5.41) is 0. The van der Waals surface area contributed by atoms with Crippen molar-refractivity contribution in [2.45, 2.75) is 207 Å². The number of rotatable bonds is 45. The van der Waals surface area contributed by atoms with E-state index in [0.717, 1.165) is 122 Å². The van der Waals surface area contributed by atoms with Gasteiger partial charge in [0.2, 0.25) is 0 Å². The third-order valence-electron chi connectivity index (χ3n) is 10.3. The third kappa shape index (κ3) is 52.1. The van der Waals surface area contributed by atoms with Crippen LogP contribution in [0, 0.1) is 0 Å². The van der Waals surface area contributed by atoms with Crippen LogP contribution in [-0.4, -0.2) is 37.2 Å². The third-order valence-corrected chi connectivity index (χ3v) is 10.3. The Balaban J connectivity index is 4.62. The van der Waals surface area contributed by atoms with E-state index in [1.807, 2.05) is 0 Å². The number of unbranched alkanes of at least 4 members (excludes halogenated alkanes) is 10. The number of allylic oxidation sites excluding steroid dienone is 24. The summed E-state index contributed by atoms with van der Waals surface area (Å²) in [5.74, 6) is -1.06. The molecule has 0 bridgehead atoms. The van der Waals surface area contributed by atoms with Gasteiger partial charge in [0.15, 0.2) is 6.10 Å². The molecule has 0 aromatic carbocycles. The second-order valence-corrected chi connectivity index (χ2v) is 16.7. The first-order valence-corrected chi connectivity index (χ1v) is 26.3. The second-order valence-electron chi connectivity index (χ2n) is 16.7. The molecule has 1 atom stereocenters. The quantitative estimate of drug-likeness (QED) is 0.0262. The molecule has 0 saturated heterocycles. The molecule has 0 aromatic heterocycles. The summed E-state index contributed by atoms with van der Waals surface area (Å²) >= 11 is 0. The van der Waals surface area contributed by atoms with Gasteiger partial charge >= 0.3 is 17.9 Å². The van der Waals surface area contributed by atoms with Gasteiger partial charge in [-0.25, -0.2) is 0 Å². The van der Waals surface area contributed by atoms with Gasteiger partial charge < -0.3 is 14.2 Å².